The Morgan fingerprint density at radius 3 is 1.95 bits per heavy atom. The maximum absolute atomic E-state index is 15.3. The molecule has 210 valence electrons. The van der Waals surface area contributed by atoms with Gasteiger partial charge in [0, 0.05) is 11.1 Å². The molecule has 0 spiro atoms. The maximum atomic E-state index is 15.3. The summed E-state index contributed by atoms with van der Waals surface area (Å²) >= 11 is 0. The van der Waals surface area contributed by atoms with Crippen molar-refractivity contribution in [1.29, 1.82) is 0 Å². The topological polar surface area (TPSA) is 9.23 Å². The maximum Gasteiger partial charge on any atom is 0.201 e. The van der Waals surface area contributed by atoms with E-state index in [-0.39, 0.29) is 23.7 Å². The zero-order valence-corrected chi connectivity index (χ0v) is 23.4. The number of allylic oxidation sites excluding steroid dienone is 2. The Hall–Kier alpha value is -3.27. The average molecular weight is 545 g/mol. The molecule has 3 aromatic carbocycles. The van der Waals surface area contributed by atoms with Crippen molar-refractivity contribution in [2.75, 3.05) is 6.61 Å². The van der Waals surface area contributed by atoms with Crippen molar-refractivity contribution in [2.24, 2.45) is 17.8 Å². The van der Waals surface area contributed by atoms with Gasteiger partial charge in [-0.15, -0.1) is 0 Å². The quantitative estimate of drug-likeness (QED) is 0.256. The fourth-order valence-corrected chi connectivity index (χ4v) is 6.87. The van der Waals surface area contributed by atoms with E-state index in [0.29, 0.717) is 22.6 Å². The molecule has 2 fully saturated rings. The molecular formula is C36H39F3O. The van der Waals surface area contributed by atoms with Crippen LogP contribution < -0.4 is 4.74 Å². The van der Waals surface area contributed by atoms with Crippen molar-refractivity contribution in [1.82, 2.24) is 0 Å². The average Bonchev–Trinajstić information content (AvgIpc) is 2.99. The van der Waals surface area contributed by atoms with Gasteiger partial charge in [-0.25, -0.2) is 8.78 Å². The first-order chi connectivity index (χ1) is 19.5. The third-order valence-electron chi connectivity index (χ3n) is 9.09. The lowest BCUT2D eigenvalue weighted by Crippen LogP contribution is -2.25. The van der Waals surface area contributed by atoms with Crippen molar-refractivity contribution in [3.63, 3.8) is 0 Å². The fraction of sp³-hybridized carbons (Fsp3) is 0.389. The molecule has 0 heterocycles. The number of benzene rings is 3. The molecule has 0 unspecified atom stereocenters. The van der Waals surface area contributed by atoms with E-state index in [1.807, 2.05) is 6.07 Å². The highest BCUT2D eigenvalue weighted by atomic mass is 19.2. The molecule has 2 saturated carbocycles. The molecule has 0 aliphatic heterocycles. The van der Waals surface area contributed by atoms with Crippen molar-refractivity contribution in [3.8, 4) is 28.0 Å². The lowest BCUT2D eigenvalue weighted by atomic mass is 9.68. The van der Waals surface area contributed by atoms with Gasteiger partial charge in [0.2, 0.25) is 5.82 Å². The first-order valence-corrected chi connectivity index (χ1v) is 14.7. The minimum absolute atomic E-state index is 0.0915. The first-order valence-electron chi connectivity index (χ1n) is 14.7. The lowest BCUT2D eigenvalue weighted by Gasteiger charge is -2.37. The molecular weight excluding hydrogens is 505 g/mol. The van der Waals surface area contributed by atoms with Gasteiger partial charge < -0.3 is 4.74 Å². The Balaban J connectivity index is 1.22. The van der Waals surface area contributed by atoms with Crippen LogP contribution >= 0.6 is 0 Å². The summed E-state index contributed by atoms with van der Waals surface area (Å²) in [6, 6.07) is 15.4. The second-order valence-electron chi connectivity index (χ2n) is 11.5. The third kappa shape index (κ3) is 6.22. The molecule has 4 heteroatoms. The molecule has 0 aromatic heterocycles. The van der Waals surface area contributed by atoms with E-state index in [2.05, 4.69) is 31.7 Å². The first kappa shape index (κ1) is 28.3. The standard InChI is InChI=1S/C36H39F3O/c1-3-5-24-6-8-25(9-7-24)26-10-12-27(13-11-26)30-18-19-31(33(37)23-30)28-14-16-29(17-15-28)32-20-21-34(40-22-4-2)36(39)35(32)38/h3-5,14-21,23-27H,2,6-13,22H2,1H3. The van der Waals surface area contributed by atoms with Gasteiger partial charge in [0.15, 0.2) is 11.6 Å². The second-order valence-corrected chi connectivity index (χ2v) is 11.5. The van der Waals surface area contributed by atoms with Gasteiger partial charge in [-0.2, -0.15) is 4.39 Å². The molecule has 2 aliphatic rings. The summed E-state index contributed by atoms with van der Waals surface area (Å²) in [5.41, 5.74) is 2.95. The summed E-state index contributed by atoms with van der Waals surface area (Å²) < 4.78 is 49.6. The molecule has 0 bridgehead atoms. The summed E-state index contributed by atoms with van der Waals surface area (Å²) in [6.45, 7) is 5.73. The normalized spacial score (nSPS) is 23.3. The van der Waals surface area contributed by atoms with Crippen LogP contribution in [0.5, 0.6) is 5.75 Å². The minimum atomic E-state index is -1.03. The highest BCUT2D eigenvalue weighted by Crippen LogP contribution is 2.44. The fourth-order valence-electron chi connectivity index (χ4n) is 6.87. The van der Waals surface area contributed by atoms with E-state index in [1.165, 1.54) is 56.7 Å². The smallest absolute Gasteiger partial charge is 0.201 e. The zero-order chi connectivity index (χ0) is 28.1. The third-order valence-corrected chi connectivity index (χ3v) is 9.09. The van der Waals surface area contributed by atoms with Crippen LogP contribution in [0.25, 0.3) is 22.3 Å². The summed E-state index contributed by atoms with van der Waals surface area (Å²) in [5.74, 6) is 0.469. The number of hydrogen-bond acceptors (Lipinski definition) is 1. The molecule has 0 saturated heterocycles. The Morgan fingerprint density at radius 1 is 0.750 bits per heavy atom. The predicted octanol–water partition coefficient (Wildman–Crippen LogP) is 10.7. The Bertz CT molecular complexity index is 1330. The Kier molecular flexibility index (Phi) is 9.14. The van der Waals surface area contributed by atoms with Crippen molar-refractivity contribution in [3.05, 3.63) is 102 Å². The van der Waals surface area contributed by atoms with Gasteiger partial charge in [-0.3, -0.25) is 0 Å². The molecule has 0 amide bonds. The van der Waals surface area contributed by atoms with Crippen LogP contribution in [-0.2, 0) is 0 Å². The van der Waals surface area contributed by atoms with Gasteiger partial charge in [-0.05, 0) is 117 Å². The monoisotopic (exact) mass is 544 g/mol. The summed E-state index contributed by atoms with van der Waals surface area (Å²) in [7, 11) is 0. The van der Waals surface area contributed by atoms with Crippen LogP contribution in [0.2, 0.25) is 0 Å². The number of rotatable bonds is 8. The summed E-state index contributed by atoms with van der Waals surface area (Å²) in [6.07, 6.45) is 16.1. The van der Waals surface area contributed by atoms with Crippen molar-refractivity contribution < 1.29 is 17.9 Å². The minimum Gasteiger partial charge on any atom is -0.486 e. The Morgan fingerprint density at radius 2 is 1.35 bits per heavy atom. The van der Waals surface area contributed by atoms with Crippen LogP contribution in [0.3, 0.4) is 0 Å². The molecule has 1 nitrogen and oxygen atoms in total. The highest BCUT2D eigenvalue weighted by Gasteiger charge is 2.31. The molecule has 0 N–H and O–H groups in total. The summed E-state index contributed by atoms with van der Waals surface area (Å²) in [4.78, 5) is 0. The van der Waals surface area contributed by atoms with Gasteiger partial charge >= 0.3 is 0 Å². The van der Waals surface area contributed by atoms with Gasteiger partial charge in [0.1, 0.15) is 12.4 Å². The molecule has 5 rings (SSSR count). The number of ether oxygens (including phenoxy) is 1. The number of halogens is 3. The van der Waals surface area contributed by atoms with E-state index in [0.717, 1.165) is 36.2 Å². The van der Waals surface area contributed by atoms with Crippen LogP contribution in [0.15, 0.2) is 79.4 Å². The van der Waals surface area contributed by atoms with E-state index in [1.54, 1.807) is 30.3 Å². The van der Waals surface area contributed by atoms with Crippen LogP contribution in [-0.4, -0.2) is 6.61 Å². The Labute approximate surface area is 236 Å². The molecule has 40 heavy (non-hydrogen) atoms. The van der Waals surface area contributed by atoms with E-state index in [9.17, 15) is 8.78 Å². The SMILES string of the molecule is C=CCOc1ccc(-c2ccc(-c3ccc(C4CCC(C5CCC(C=CC)CC5)CC4)cc3F)cc2)c(F)c1F. The lowest BCUT2D eigenvalue weighted by molar-refractivity contribution is 0.171. The largest absolute Gasteiger partial charge is 0.486 e. The highest BCUT2D eigenvalue weighted by molar-refractivity contribution is 5.71. The van der Waals surface area contributed by atoms with Gasteiger partial charge in [0.25, 0.3) is 0 Å². The van der Waals surface area contributed by atoms with Crippen LogP contribution in [0.4, 0.5) is 13.2 Å². The van der Waals surface area contributed by atoms with Crippen molar-refractivity contribution in [2.45, 2.75) is 64.2 Å². The molecule has 3 aromatic rings. The zero-order valence-electron chi connectivity index (χ0n) is 23.4. The van der Waals surface area contributed by atoms with Gasteiger partial charge in [0.05, 0.1) is 0 Å². The van der Waals surface area contributed by atoms with E-state index >= 15 is 4.39 Å². The van der Waals surface area contributed by atoms with Crippen LogP contribution in [0.1, 0.15) is 69.8 Å². The predicted molar refractivity (Wildman–Crippen MR) is 158 cm³/mol. The van der Waals surface area contributed by atoms with Gasteiger partial charge in [-0.1, -0.05) is 61.2 Å². The second kappa shape index (κ2) is 12.9. The molecule has 2 aliphatic carbocycles. The number of hydrogen-bond donors (Lipinski definition) is 0. The molecule has 0 radical (unpaired) electrons. The molecule has 0 atom stereocenters. The van der Waals surface area contributed by atoms with Crippen molar-refractivity contribution >= 4 is 0 Å². The van der Waals surface area contributed by atoms with Crippen LogP contribution in [0, 0.1) is 35.2 Å². The van der Waals surface area contributed by atoms with E-state index in [4.69, 9.17) is 4.74 Å². The summed E-state index contributed by atoms with van der Waals surface area (Å²) in [5, 5.41) is 0. The van der Waals surface area contributed by atoms with E-state index < -0.39 is 11.6 Å².